The molecule has 0 bridgehead atoms. The third kappa shape index (κ3) is 2.19. The molecule has 0 radical (unpaired) electrons. The minimum Gasteiger partial charge on any atom is -0.337 e. The molecule has 2 fully saturated rings. The molecule has 16 heavy (non-hydrogen) atoms. The van der Waals surface area contributed by atoms with E-state index in [9.17, 15) is 0 Å². The Labute approximate surface area is 95.2 Å². The maximum Gasteiger partial charge on any atom is 0.321 e. The van der Waals surface area contributed by atoms with Gasteiger partial charge in [0.2, 0.25) is 0 Å². The van der Waals surface area contributed by atoms with Crippen molar-refractivity contribution >= 4 is 6.01 Å². The highest BCUT2D eigenvalue weighted by atomic mass is 16.5. The summed E-state index contributed by atoms with van der Waals surface area (Å²) in [5.74, 6) is 1.42. The number of rotatable bonds is 4. The summed E-state index contributed by atoms with van der Waals surface area (Å²) in [5, 5.41) is 6.98. The fourth-order valence-corrected chi connectivity index (χ4v) is 2.40. The Bertz CT molecular complexity index is 361. The maximum atomic E-state index is 5.02. The first-order valence-electron chi connectivity index (χ1n) is 6.09. The Morgan fingerprint density at radius 3 is 3.00 bits per heavy atom. The van der Waals surface area contributed by atoms with Gasteiger partial charge in [-0.2, -0.15) is 4.98 Å². The molecule has 2 aliphatic rings. The van der Waals surface area contributed by atoms with Crippen LogP contribution in [0.2, 0.25) is 0 Å². The highest BCUT2D eigenvalue weighted by Gasteiger charge is 2.34. The second-order valence-corrected chi connectivity index (χ2v) is 4.91. The minimum absolute atomic E-state index is 0.558. The van der Waals surface area contributed by atoms with Crippen LogP contribution in [0.5, 0.6) is 0 Å². The summed E-state index contributed by atoms with van der Waals surface area (Å²) in [6.07, 6.45) is 4.10. The van der Waals surface area contributed by atoms with Crippen LogP contribution in [0.4, 0.5) is 6.01 Å². The smallest absolute Gasteiger partial charge is 0.321 e. The van der Waals surface area contributed by atoms with E-state index in [0.717, 1.165) is 18.5 Å². The second kappa shape index (κ2) is 4.05. The number of nitrogens with one attached hydrogen (secondary N) is 1. The number of hydrogen-bond acceptors (Lipinski definition) is 5. The molecule has 1 unspecified atom stereocenters. The summed E-state index contributed by atoms with van der Waals surface area (Å²) < 4.78 is 5.02. The predicted molar refractivity (Wildman–Crippen MR) is 60.2 cm³/mol. The van der Waals surface area contributed by atoms with Crippen molar-refractivity contribution in [3.8, 4) is 0 Å². The number of anilines is 1. The molecule has 1 aromatic heterocycles. The molecular formula is C11H18N4O. The molecule has 3 rings (SSSR count). The number of aryl methyl sites for hydroxylation is 1. The van der Waals surface area contributed by atoms with Crippen LogP contribution < -0.4 is 5.32 Å². The van der Waals surface area contributed by atoms with E-state index in [-0.39, 0.29) is 0 Å². The number of nitrogens with zero attached hydrogens (tertiary/aromatic N) is 3. The molecule has 1 aliphatic heterocycles. The normalized spacial score (nSPS) is 26.2. The van der Waals surface area contributed by atoms with Crippen molar-refractivity contribution in [2.45, 2.75) is 32.2 Å². The van der Waals surface area contributed by atoms with E-state index in [1.165, 1.54) is 32.4 Å². The third-order valence-electron chi connectivity index (χ3n) is 3.45. The van der Waals surface area contributed by atoms with Crippen LogP contribution in [0.15, 0.2) is 4.52 Å². The van der Waals surface area contributed by atoms with Gasteiger partial charge in [-0.1, -0.05) is 5.16 Å². The van der Waals surface area contributed by atoms with Gasteiger partial charge in [0.15, 0.2) is 5.82 Å². The van der Waals surface area contributed by atoms with Gasteiger partial charge in [-0.3, -0.25) is 0 Å². The Morgan fingerprint density at radius 1 is 1.44 bits per heavy atom. The summed E-state index contributed by atoms with van der Waals surface area (Å²) in [5.41, 5.74) is 0. The number of likely N-dealkylation sites (tertiary alicyclic amines) is 1. The Kier molecular flexibility index (Phi) is 2.55. The first-order chi connectivity index (χ1) is 7.81. The Morgan fingerprint density at radius 2 is 2.31 bits per heavy atom. The van der Waals surface area contributed by atoms with E-state index < -0.39 is 0 Å². The van der Waals surface area contributed by atoms with Crippen LogP contribution in [-0.2, 0) is 0 Å². The van der Waals surface area contributed by atoms with Crippen molar-refractivity contribution in [2.24, 2.45) is 5.92 Å². The summed E-state index contributed by atoms with van der Waals surface area (Å²) in [7, 11) is 0. The van der Waals surface area contributed by atoms with E-state index in [1.54, 1.807) is 0 Å². The molecule has 88 valence electrons. The third-order valence-corrected chi connectivity index (χ3v) is 3.45. The van der Waals surface area contributed by atoms with Gasteiger partial charge < -0.3 is 14.7 Å². The Balaban J connectivity index is 1.45. The van der Waals surface area contributed by atoms with Crippen LogP contribution in [-0.4, -0.2) is 40.7 Å². The monoisotopic (exact) mass is 222 g/mol. The molecule has 0 aromatic carbocycles. The molecule has 5 nitrogen and oxygen atoms in total. The van der Waals surface area contributed by atoms with E-state index in [4.69, 9.17) is 4.52 Å². The van der Waals surface area contributed by atoms with Crippen molar-refractivity contribution in [3.05, 3.63) is 5.82 Å². The van der Waals surface area contributed by atoms with E-state index >= 15 is 0 Å². The molecule has 0 spiro atoms. The van der Waals surface area contributed by atoms with Gasteiger partial charge in [0.25, 0.3) is 0 Å². The molecule has 1 N–H and O–H groups in total. The van der Waals surface area contributed by atoms with Crippen LogP contribution >= 0.6 is 0 Å². The molecule has 1 saturated carbocycles. The lowest BCUT2D eigenvalue weighted by molar-refractivity contribution is 0.316. The van der Waals surface area contributed by atoms with Gasteiger partial charge >= 0.3 is 6.01 Å². The van der Waals surface area contributed by atoms with Gasteiger partial charge in [-0.15, -0.1) is 0 Å². The quantitative estimate of drug-likeness (QED) is 0.831. The number of aromatic nitrogens is 2. The molecule has 5 heteroatoms. The fourth-order valence-electron chi connectivity index (χ4n) is 2.40. The summed E-state index contributed by atoms with van der Waals surface area (Å²) in [4.78, 5) is 6.75. The highest BCUT2D eigenvalue weighted by molar-refractivity contribution is 5.18. The van der Waals surface area contributed by atoms with Gasteiger partial charge in [0.05, 0.1) is 0 Å². The van der Waals surface area contributed by atoms with Gasteiger partial charge in [0.1, 0.15) is 0 Å². The SMILES string of the molecule is Cc1noc(NCC2CCN(C3CC3)C2)n1. The average molecular weight is 222 g/mol. The Hall–Kier alpha value is -1.10. The lowest BCUT2D eigenvalue weighted by Crippen LogP contribution is -2.24. The largest absolute Gasteiger partial charge is 0.337 e. The minimum atomic E-state index is 0.558. The van der Waals surface area contributed by atoms with Gasteiger partial charge in [-0.25, -0.2) is 0 Å². The first-order valence-corrected chi connectivity index (χ1v) is 6.09. The second-order valence-electron chi connectivity index (χ2n) is 4.91. The van der Waals surface area contributed by atoms with Crippen molar-refractivity contribution in [1.29, 1.82) is 0 Å². The van der Waals surface area contributed by atoms with Crippen LogP contribution in [0.3, 0.4) is 0 Å². The zero-order chi connectivity index (χ0) is 11.0. The zero-order valence-corrected chi connectivity index (χ0v) is 9.65. The van der Waals surface area contributed by atoms with E-state index in [1.807, 2.05) is 6.92 Å². The molecular weight excluding hydrogens is 204 g/mol. The van der Waals surface area contributed by atoms with Gasteiger partial charge in [0, 0.05) is 19.1 Å². The average Bonchev–Trinajstić information content (AvgIpc) is 2.87. The lowest BCUT2D eigenvalue weighted by atomic mass is 10.1. The summed E-state index contributed by atoms with van der Waals surface area (Å²) >= 11 is 0. The zero-order valence-electron chi connectivity index (χ0n) is 9.65. The molecule has 1 aliphatic carbocycles. The highest BCUT2D eigenvalue weighted by Crippen LogP contribution is 2.31. The van der Waals surface area contributed by atoms with Crippen LogP contribution in [0.25, 0.3) is 0 Å². The molecule has 0 amide bonds. The summed E-state index contributed by atoms with van der Waals surface area (Å²) in [6, 6.07) is 1.46. The van der Waals surface area contributed by atoms with Crippen LogP contribution in [0.1, 0.15) is 25.1 Å². The van der Waals surface area contributed by atoms with Gasteiger partial charge in [-0.05, 0) is 38.6 Å². The molecule has 1 saturated heterocycles. The van der Waals surface area contributed by atoms with Crippen molar-refractivity contribution < 1.29 is 4.52 Å². The van der Waals surface area contributed by atoms with E-state index in [0.29, 0.717) is 11.8 Å². The van der Waals surface area contributed by atoms with Crippen molar-refractivity contribution in [2.75, 3.05) is 25.0 Å². The van der Waals surface area contributed by atoms with Crippen molar-refractivity contribution in [1.82, 2.24) is 15.0 Å². The van der Waals surface area contributed by atoms with Crippen LogP contribution in [0, 0.1) is 12.8 Å². The fraction of sp³-hybridized carbons (Fsp3) is 0.818. The molecule has 1 atom stereocenters. The summed E-state index contributed by atoms with van der Waals surface area (Å²) in [6.45, 7) is 5.27. The predicted octanol–water partition coefficient (Wildman–Crippen LogP) is 1.27. The number of hydrogen-bond donors (Lipinski definition) is 1. The van der Waals surface area contributed by atoms with Crippen molar-refractivity contribution in [3.63, 3.8) is 0 Å². The maximum absolute atomic E-state index is 5.02. The lowest BCUT2D eigenvalue weighted by Gasteiger charge is -2.14. The standard InChI is InChI=1S/C11H18N4O/c1-8-13-11(16-14-8)12-6-9-4-5-15(7-9)10-2-3-10/h9-10H,2-7H2,1H3,(H,12,13,14). The first kappa shape index (κ1) is 10.1. The van der Waals surface area contributed by atoms with E-state index in [2.05, 4.69) is 20.4 Å². The molecule has 2 heterocycles. The topological polar surface area (TPSA) is 54.2 Å². The molecule has 1 aromatic rings.